The predicted molar refractivity (Wildman–Crippen MR) is 97.9 cm³/mol. The minimum absolute atomic E-state index is 0.0240. The van der Waals surface area contributed by atoms with Gasteiger partial charge in [0.05, 0.1) is 5.56 Å². The highest BCUT2D eigenvalue weighted by Gasteiger charge is 2.49. The smallest absolute Gasteiger partial charge is 0.269 e. The van der Waals surface area contributed by atoms with Gasteiger partial charge in [0.1, 0.15) is 4.90 Å². The summed E-state index contributed by atoms with van der Waals surface area (Å²) >= 11 is 0. The molecule has 5 rings (SSSR count). The summed E-state index contributed by atoms with van der Waals surface area (Å²) in [6, 6.07) is 5.33. The summed E-state index contributed by atoms with van der Waals surface area (Å²) in [5, 5.41) is 3.56. The number of nitrogens with zero attached hydrogens (tertiary/aromatic N) is 2. The Morgan fingerprint density at radius 3 is 2.44 bits per heavy atom. The Morgan fingerprint density at radius 2 is 1.81 bits per heavy atom. The molecule has 27 heavy (non-hydrogen) atoms. The molecule has 0 radical (unpaired) electrons. The highest BCUT2D eigenvalue weighted by Crippen LogP contribution is 2.40. The Kier molecular flexibility index (Phi) is 3.68. The van der Waals surface area contributed by atoms with Crippen LogP contribution in [0.15, 0.2) is 23.1 Å². The maximum atomic E-state index is 13.0. The van der Waals surface area contributed by atoms with Crippen LogP contribution in [-0.4, -0.2) is 60.7 Å². The Balaban J connectivity index is 1.43. The molecule has 4 aliphatic rings. The van der Waals surface area contributed by atoms with Crippen molar-refractivity contribution in [3.63, 3.8) is 0 Å². The van der Waals surface area contributed by atoms with Gasteiger partial charge < -0.3 is 10.2 Å². The van der Waals surface area contributed by atoms with Gasteiger partial charge >= 0.3 is 0 Å². The Bertz CT molecular complexity index is 928. The largest absolute Gasteiger partial charge is 0.339 e. The number of piperidine rings is 1. The van der Waals surface area contributed by atoms with Gasteiger partial charge in [-0.3, -0.25) is 9.59 Å². The van der Waals surface area contributed by atoms with Gasteiger partial charge in [-0.05, 0) is 56.7 Å². The first kappa shape index (κ1) is 17.2. The molecule has 1 aromatic carbocycles. The number of amides is 2. The minimum atomic E-state index is -3.84. The number of carbonyl (C=O) groups is 2. The molecule has 0 aromatic heterocycles. The molecule has 2 saturated heterocycles. The van der Waals surface area contributed by atoms with Gasteiger partial charge in [0.25, 0.3) is 21.8 Å². The van der Waals surface area contributed by atoms with Crippen molar-refractivity contribution in [2.45, 2.75) is 67.6 Å². The fraction of sp³-hybridized carbons (Fsp3) is 0.579. The second-order valence-corrected chi connectivity index (χ2v) is 10.0. The van der Waals surface area contributed by atoms with E-state index in [4.69, 9.17) is 0 Å². The van der Waals surface area contributed by atoms with Gasteiger partial charge in [-0.25, -0.2) is 12.7 Å². The Labute approximate surface area is 158 Å². The molecular weight excluding hydrogens is 366 g/mol. The summed E-state index contributed by atoms with van der Waals surface area (Å²) < 4.78 is 26.6. The molecule has 1 aromatic rings. The number of hydrogen-bond donors (Lipinski definition) is 1. The van der Waals surface area contributed by atoms with Crippen molar-refractivity contribution in [2.75, 3.05) is 7.05 Å². The molecule has 1 saturated carbocycles. The van der Waals surface area contributed by atoms with Crippen LogP contribution < -0.4 is 5.32 Å². The second kappa shape index (κ2) is 5.78. The number of rotatable bonds is 3. The van der Waals surface area contributed by atoms with Gasteiger partial charge in [0, 0.05) is 36.8 Å². The number of carbonyl (C=O) groups excluding carboxylic acids is 2. The van der Waals surface area contributed by atoms with Crippen LogP contribution in [0.5, 0.6) is 0 Å². The lowest BCUT2D eigenvalue weighted by Crippen LogP contribution is -2.48. The maximum absolute atomic E-state index is 13.0. The fourth-order valence-electron chi connectivity index (χ4n) is 4.76. The molecule has 2 amide bonds. The lowest BCUT2D eigenvalue weighted by atomic mass is 9.98. The zero-order chi connectivity index (χ0) is 18.9. The molecule has 7 nitrogen and oxygen atoms in total. The van der Waals surface area contributed by atoms with Gasteiger partial charge in [0.2, 0.25) is 0 Å². The van der Waals surface area contributed by atoms with E-state index in [1.54, 1.807) is 18.0 Å². The van der Waals surface area contributed by atoms with Gasteiger partial charge in [0.15, 0.2) is 0 Å². The molecule has 1 N–H and O–H groups in total. The number of fused-ring (bicyclic) bond motifs is 3. The van der Waals surface area contributed by atoms with Gasteiger partial charge in [-0.2, -0.15) is 0 Å². The summed E-state index contributed by atoms with van der Waals surface area (Å²) in [6.45, 7) is 0. The normalized spacial score (nSPS) is 31.1. The quantitative estimate of drug-likeness (QED) is 0.843. The monoisotopic (exact) mass is 389 g/mol. The van der Waals surface area contributed by atoms with Crippen LogP contribution in [0, 0.1) is 0 Å². The third-order valence-corrected chi connectivity index (χ3v) is 8.27. The van der Waals surface area contributed by atoms with Crippen molar-refractivity contribution in [1.29, 1.82) is 0 Å². The first-order chi connectivity index (χ1) is 12.9. The SMILES string of the molecule is CN(C(=O)c1ccc2c(c1)S(=O)(=O)N(C1CC1)C2=O)C1CC2CCC(C1)N2. The maximum Gasteiger partial charge on any atom is 0.269 e. The van der Waals surface area contributed by atoms with E-state index < -0.39 is 15.9 Å². The molecule has 8 heteroatoms. The van der Waals surface area contributed by atoms with Crippen molar-refractivity contribution in [1.82, 2.24) is 14.5 Å². The van der Waals surface area contributed by atoms with Crippen molar-refractivity contribution in [2.24, 2.45) is 0 Å². The van der Waals surface area contributed by atoms with E-state index in [9.17, 15) is 18.0 Å². The minimum Gasteiger partial charge on any atom is -0.339 e. The summed E-state index contributed by atoms with van der Waals surface area (Å²) in [5.74, 6) is -0.647. The topological polar surface area (TPSA) is 86.8 Å². The third kappa shape index (κ3) is 2.61. The molecule has 2 unspecified atom stereocenters. The first-order valence-corrected chi connectivity index (χ1v) is 11.1. The van der Waals surface area contributed by atoms with Crippen molar-refractivity contribution in [3.05, 3.63) is 29.3 Å². The van der Waals surface area contributed by atoms with Gasteiger partial charge in [-0.1, -0.05) is 0 Å². The molecule has 0 spiro atoms. The first-order valence-electron chi connectivity index (χ1n) is 9.62. The van der Waals surface area contributed by atoms with Crippen LogP contribution in [0.2, 0.25) is 0 Å². The highest BCUT2D eigenvalue weighted by atomic mass is 32.2. The van der Waals surface area contributed by atoms with E-state index in [0.29, 0.717) is 30.5 Å². The highest BCUT2D eigenvalue weighted by molar-refractivity contribution is 7.90. The van der Waals surface area contributed by atoms with Crippen LogP contribution in [0.1, 0.15) is 59.2 Å². The molecule has 1 aliphatic carbocycles. The molecular formula is C19H23N3O4S. The van der Waals surface area contributed by atoms with Crippen LogP contribution in [-0.2, 0) is 10.0 Å². The molecule has 2 bridgehead atoms. The zero-order valence-corrected chi connectivity index (χ0v) is 16.0. The lowest BCUT2D eigenvalue weighted by Gasteiger charge is -2.35. The van der Waals surface area contributed by atoms with Crippen LogP contribution in [0.25, 0.3) is 0 Å². The summed E-state index contributed by atoms with van der Waals surface area (Å²) in [5.41, 5.74) is 0.511. The van der Waals surface area contributed by atoms with E-state index in [-0.39, 0.29) is 28.4 Å². The molecule has 3 fully saturated rings. The van der Waals surface area contributed by atoms with Gasteiger partial charge in [-0.15, -0.1) is 0 Å². The van der Waals surface area contributed by atoms with E-state index in [0.717, 1.165) is 30.0 Å². The summed E-state index contributed by atoms with van der Waals surface area (Å²) in [6.07, 6.45) is 5.59. The standard InChI is InChI=1S/C19H23N3O4S/c1-21(15-9-12-3-4-13(10-15)20-12)18(23)11-2-7-16-17(8-11)27(25,26)22(19(16)24)14-5-6-14/h2,7-8,12-15,20H,3-6,9-10H2,1H3. The van der Waals surface area contributed by atoms with E-state index in [2.05, 4.69) is 5.32 Å². The van der Waals surface area contributed by atoms with E-state index >= 15 is 0 Å². The third-order valence-electron chi connectivity index (χ3n) is 6.39. The van der Waals surface area contributed by atoms with Crippen molar-refractivity contribution < 1.29 is 18.0 Å². The molecule has 144 valence electrons. The van der Waals surface area contributed by atoms with Crippen LogP contribution in [0.3, 0.4) is 0 Å². The lowest BCUT2D eigenvalue weighted by molar-refractivity contribution is 0.0680. The van der Waals surface area contributed by atoms with Crippen LogP contribution >= 0.6 is 0 Å². The van der Waals surface area contributed by atoms with Crippen LogP contribution in [0.4, 0.5) is 0 Å². The fourth-order valence-corrected chi connectivity index (χ4v) is 6.60. The predicted octanol–water partition coefficient (Wildman–Crippen LogP) is 1.35. The summed E-state index contributed by atoms with van der Waals surface area (Å²) in [4.78, 5) is 27.2. The Hall–Kier alpha value is -1.93. The Morgan fingerprint density at radius 1 is 1.15 bits per heavy atom. The summed E-state index contributed by atoms with van der Waals surface area (Å²) in [7, 11) is -2.05. The second-order valence-electron chi connectivity index (χ2n) is 8.23. The molecule has 3 heterocycles. The average Bonchev–Trinajstić information content (AvgIpc) is 3.39. The zero-order valence-electron chi connectivity index (χ0n) is 15.2. The average molecular weight is 389 g/mol. The molecule has 3 aliphatic heterocycles. The van der Waals surface area contributed by atoms with Crippen molar-refractivity contribution >= 4 is 21.8 Å². The number of benzene rings is 1. The molecule has 2 atom stereocenters. The number of nitrogens with one attached hydrogen (secondary N) is 1. The van der Waals surface area contributed by atoms with Crippen molar-refractivity contribution in [3.8, 4) is 0 Å². The number of sulfonamides is 1. The van der Waals surface area contributed by atoms with E-state index in [1.807, 2.05) is 0 Å². The van der Waals surface area contributed by atoms with E-state index in [1.165, 1.54) is 12.1 Å². The number of hydrogen-bond acceptors (Lipinski definition) is 5.